The minimum atomic E-state index is -0.0454. The highest BCUT2D eigenvalue weighted by Crippen LogP contribution is 2.21. The molecule has 0 unspecified atom stereocenters. The van der Waals surface area contributed by atoms with E-state index in [1.54, 1.807) is 31.4 Å². The number of ether oxygens (including phenoxy) is 1. The van der Waals surface area contributed by atoms with E-state index < -0.39 is 0 Å². The molecule has 1 N–H and O–H groups in total. The lowest BCUT2D eigenvalue weighted by Crippen LogP contribution is -2.42. The molecule has 0 saturated carbocycles. The van der Waals surface area contributed by atoms with Gasteiger partial charge in [0.25, 0.3) is 5.91 Å². The lowest BCUT2D eigenvalue weighted by molar-refractivity contribution is -0.126. The van der Waals surface area contributed by atoms with Gasteiger partial charge in [-0.15, -0.1) is 0 Å². The zero-order valence-electron chi connectivity index (χ0n) is 17.4. The Hall–Kier alpha value is -3.02. The molecule has 2 aromatic rings. The van der Waals surface area contributed by atoms with Crippen LogP contribution in [-0.4, -0.2) is 51.0 Å². The van der Waals surface area contributed by atoms with Gasteiger partial charge < -0.3 is 19.9 Å². The minimum absolute atomic E-state index is 0.00694. The smallest absolute Gasteiger partial charge is 0.253 e. The van der Waals surface area contributed by atoms with Crippen LogP contribution in [0.4, 0.5) is 5.69 Å². The number of likely N-dealkylation sites (tertiary alicyclic amines) is 1. The molecule has 0 atom stereocenters. The molecule has 1 fully saturated rings. The van der Waals surface area contributed by atoms with E-state index >= 15 is 0 Å². The van der Waals surface area contributed by atoms with Crippen LogP contribution in [0.2, 0.25) is 0 Å². The summed E-state index contributed by atoms with van der Waals surface area (Å²) in [4.78, 5) is 29.0. The average molecular weight is 396 g/mol. The summed E-state index contributed by atoms with van der Waals surface area (Å²) in [6.45, 7) is 1.72. The first-order valence-corrected chi connectivity index (χ1v) is 9.95. The molecule has 1 heterocycles. The zero-order chi connectivity index (χ0) is 20.8. The first-order chi connectivity index (χ1) is 14.0. The second kappa shape index (κ2) is 9.45. The molecule has 154 valence electrons. The van der Waals surface area contributed by atoms with Gasteiger partial charge in [0.15, 0.2) is 0 Å². The Morgan fingerprint density at radius 1 is 1.03 bits per heavy atom. The number of benzene rings is 2. The van der Waals surface area contributed by atoms with E-state index in [4.69, 9.17) is 4.74 Å². The highest BCUT2D eigenvalue weighted by atomic mass is 16.5. The summed E-state index contributed by atoms with van der Waals surface area (Å²) >= 11 is 0. The van der Waals surface area contributed by atoms with Crippen LogP contribution >= 0.6 is 0 Å². The molecule has 1 saturated heterocycles. The maximum absolute atomic E-state index is 12.6. The number of amides is 2. The Balaban J connectivity index is 1.46. The van der Waals surface area contributed by atoms with Gasteiger partial charge in [-0.3, -0.25) is 9.59 Å². The summed E-state index contributed by atoms with van der Waals surface area (Å²) < 4.78 is 5.13. The van der Waals surface area contributed by atoms with E-state index in [1.807, 2.05) is 48.2 Å². The van der Waals surface area contributed by atoms with Crippen molar-refractivity contribution in [3.05, 3.63) is 59.7 Å². The number of carbonyl (C=O) groups excluding carboxylic acids is 2. The Labute approximate surface area is 172 Å². The standard InChI is InChI=1S/C23H29N3O3/c1-25(2)20-8-4-17(5-9-20)16-24-22(27)18-12-14-26(15-13-18)23(28)19-6-10-21(29-3)11-7-19/h4-11,18H,12-16H2,1-3H3,(H,24,27). The van der Waals surface area contributed by atoms with Gasteiger partial charge in [0.1, 0.15) is 5.75 Å². The third-order valence-corrected chi connectivity index (χ3v) is 5.41. The molecular formula is C23H29N3O3. The van der Waals surface area contributed by atoms with Crippen LogP contribution in [0.1, 0.15) is 28.8 Å². The largest absolute Gasteiger partial charge is 0.497 e. The topological polar surface area (TPSA) is 61.9 Å². The first kappa shape index (κ1) is 20.7. The molecule has 0 aromatic heterocycles. The molecule has 1 aliphatic heterocycles. The number of piperidine rings is 1. The summed E-state index contributed by atoms with van der Waals surface area (Å²) in [5.41, 5.74) is 2.86. The van der Waals surface area contributed by atoms with Crippen molar-refractivity contribution in [2.24, 2.45) is 5.92 Å². The fourth-order valence-electron chi connectivity index (χ4n) is 3.51. The van der Waals surface area contributed by atoms with Gasteiger partial charge in [0.2, 0.25) is 5.91 Å². The van der Waals surface area contributed by atoms with E-state index in [2.05, 4.69) is 5.32 Å². The molecule has 0 bridgehead atoms. The normalized spacial score (nSPS) is 14.4. The Morgan fingerprint density at radius 3 is 2.21 bits per heavy atom. The summed E-state index contributed by atoms with van der Waals surface area (Å²) in [6, 6.07) is 15.3. The third kappa shape index (κ3) is 5.28. The van der Waals surface area contributed by atoms with Crippen LogP contribution in [0.15, 0.2) is 48.5 Å². The molecule has 0 spiro atoms. The number of hydrogen-bond donors (Lipinski definition) is 1. The Bertz CT molecular complexity index is 823. The van der Waals surface area contributed by atoms with Crippen molar-refractivity contribution in [1.29, 1.82) is 0 Å². The quantitative estimate of drug-likeness (QED) is 0.817. The lowest BCUT2D eigenvalue weighted by atomic mass is 9.95. The summed E-state index contributed by atoms with van der Waals surface area (Å²) in [5.74, 6) is 0.759. The number of hydrogen-bond acceptors (Lipinski definition) is 4. The van der Waals surface area contributed by atoms with Crippen molar-refractivity contribution >= 4 is 17.5 Å². The van der Waals surface area contributed by atoms with Crippen LogP contribution in [0.25, 0.3) is 0 Å². The number of nitrogens with one attached hydrogen (secondary N) is 1. The summed E-state index contributed by atoms with van der Waals surface area (Å²) in [7, 11) is 5.61. The number of carbonyl (C=O) groups is 2. The van der Waals surface area contributed by atoms with Crippen molar-refractivity contribution in [1.82, 2.24) is 10.2 Å². The molecule has 3 rings (SSSR count). The SMILES string of the molecule is COc1ccc(C(=O)N2CCC(C(=O)NCc3ccc(N(C)C)cc3)CC2)cc1. The van der Waals surface area contributed by atoms with E-state index in [0.29, 0.717) is 38.0 Å². The fourth-order valence-corrected chi connectivity index (χ4v) is 3.51. The van der Waals surface area contributed by atoms with Gasteiger partial charge in [-0.1, -0.05) is 12.1 Å². The van der Waals surface area contributed by atoms with Gasteiger partial charge in [0, 0.05) is 50.9 Å². The molecule has 6 nitrogen and oxygen atoms in total. The van der Waals surface area contributed by atoms with Crippen molar-refractivity contribution < 1.29 is 14.3 Å². The number of nitrogens with zero attached hydrogens (tertiary/aromatic N) is 2. The Morgan fingerprint density at radius 2 is 1.66 bits per heavy atom. The number of anilines is 1. The lowest BCUT2D eigenvalue weighted by Gasteiger charge is -2.31. The van der Waals surface area contributed by atoms with E-state index in [0.717, 1.165) is 17.0 Å². The number of rotatable bonds is 6. The van der Waals surface area contributed by atoms with Crippen molar-refractivity contribution in [3.8, 4) is 5.75 Å². The predicted octanol–water partition coefficient (Wildman–Crippen LogP) is 2.93. The van der Waals surface area contributed by atoms with Crippen LogP contribution in [0.3, 0.4) is 0 Å². The van der Waals surface area contributed by atoms with E-state index in [-0.39, 0.29) is 17.7 Å². The molecule has 2 aromatic carbocycles. The van der Waals surface area contributed by atoms with Gasteiger partial charge >= 0.3 is 0 Å². The zero-order valence-corrected chi connectivity index (χ0v) is 17.4. The maximum atomic E-state index is 12.6. The third-order valence-electron chi connectivity index (χ3n) is 5.41. The second-order valence-corrected chi connectivity index (χ2v) is 7.57. The molecule has 0 radical (unpaired) electrons. The average Bonchev–Trinajstić information content (AvgIpc) is 2.77. The van der Waals surface area contributed by atoms with Gasteiger partial charge in [0.05, 0.1) is 7.11 Å². The molecule has 29 heavy (non-hydrogen) atoms. The number of methoxy groups -OCH3 is 1. The van der Waals surface area contributed by atoms with Gasteiger partial charge in [-0.25, -0.2) is 0 Å². The molecule has 0 aliphatic carbocycles. The molecular weight excluding hydrogens is 366 g/mol. The molecule has 1 aliphatic rings. The van der Waals surface area contributed by atoms with Gasteiger partial charge in [-0.05, 0) is 54.8 Å². The highest BCUT2D eigenvalue weighted by molar-refractivity contribution is 5.94. The molecule has 6 heteroatoms. The summed E-state index contributed by atoms with van der Waals surface area (Å²) in [6.07, 6.45) is 1.38. The van der Waals surface area contributed by atoms with Crippen LogP contribution in [0, 0.1) is 5.92 Å². The molecule has 2 amide bonds. The maximum Gasteiger partial charge on any atom is 0.253 e. The van der Waals surface area contributed by atoms with Crippen molar-refractivity contribution in [3.63, 3.8) is 0 Å². The van der Waals surface area contributed by atoms with Gasteiger partial charge in [-0.2, -0.15) is 0 Å². The second-order valence-electron chi connectivity index (χ2n) is 7.57. The van der Waals surface area contributed by atoms with Crippen molar-refractivity contribution in [2.75, 3.05) is 39.2 Å². The van der Waals surface area contributed by atoms with Crippen LogP contribution in [-0.2, 0) is 11.3 Å². The first-order valence-electron chi connectivity index (χ1n) is 9.95. The fraction of sp³-hybridized carbons (Fsp3) is 0.391. The predicted molar refractivity (Wildman–Crippen MR) is 114 cm³/mol. The minimum Gasteiger partial charge on any atom is -0.497 e. The van der Waals surface area contributed by atoms with E-state index in [1.165, 1.54) is 0 Å². The summed E-state index contributed by atoms with van der Waals surface area (Å²) in [5, 5.41) is 3.04. The highest BCUT2D eigenvalue weighted by Gasteiger charge is 2.27. The van der Waals surface area contributed by atoms with Crippen LogP contribution in [0.5, 0.6) is 5.75 Å². The van der Waals surface area contributed by atoms with Crippen molar-refractivity contribution in [2.45, 2.75) is 19.4 Å². The Kier molecular flexibility index (Phi) is 6.75. The van der Waals surface area contributed by atoms with E-state index in [9.17, 15) is 9.59 Å². The van der Waals surface area contributed by atoms with Crippen LogP contribution < -0.4 is 15.0 Å². The monoisotopic (exact) mass is 395 g/mol.